The predicted octanol–water partition coefficient (Wildman–Crippen LogP) is 2.58. The third-order valence-corrected chi connectivity index (χ3v) is 4.22. The number of likely N-dealkylation sites (N-methyl/N-ethyl adjacent to an activating group) is 1. The minimum atomic E-state index is -0.0316. The van der Waals surface area contributed by atoms with Gasteiger partial charge in [-0.2, -0.15) is 0 Å². The molecule has 0 aromatic heterocycles. The second-order valence-electron chi connectivity index (χ2n) is 6.02. The minimum Gasteiger partial charge on any atom is -0.394 e. The molecule has 3 nitrogen and oxygen atoms in total. The monoisotopic (exact) mass is 257 g/mol. The lowest BCUT2D eigenvalue weighted by Crippen LogP contribution is -2.51. The van der Waals surface area contributed by atoms with Crippen LogP contribution in [-0.2, 0) is 4.74 Å². The molecule has 1 aliphatic rings. The zero-order valence-corrected chi connectivity index (χ0v) is 12.4. The maximum Gasteiger partial charge on any atom is 0.0616 e. The third-order valence-electron chi connectivity index (χ3n) is 4.22. The molecule has 2 atom stereocenters. The fourth-order valence-electron chi connectivity index (χ4n) is 3.06. The summed E-state index contributed by atoms with van der Waals surface area (Å²) in [5.41, 5.74) is -0.0316. The van der Waals surface area contributed by atoms with E-state index in [0.717, 1.165) is 44.9 Å². The van der Waals surface area contributed by atoms with E-state index in [1.165, 1.54) is 12.8 Å². The van der Waals surface area contributed by atoms with Gasteiger partial charge in [0.25, 0.3) is 0 Å². The van der Waals surface area contributed by atoms with Gasteiger partial charge in [-0.25, -0.2) is 0 Å². The Kier molecular flexibility index (Phi) is 7.20. The van der Waals surface area contributed by atoms with E-state index in [1.807, 2.05) is 0 Å². The van der Waals surface area contributed by atoms with E-state index in [-0.39, 0.29) is 12.1 Å². The van der Waals surface area contributed by atoms with Gasteiger partial charge in [0.2, 0.25) is 0 Å². The summed E-state index contributed by atoms with van der Waals surface area (Å²) < 4.78 is 5.71. The topological polar surface area (TPSA) is 41.5 Å². The molecule has 1 rings (SSSR count). The van der Waals surface area contributed by atoms with Gasteiger partial charge in [0.15, 0.2) is 0 Å². The van der Waals surface area contributed by atoms with Gasteiger partial charge >= 0.3 is 0 Å². The van der Waals surface area contributed by atoms with Crippen molar-refractivity contribution in [3.8, 4) is 0 Å². The highest BCUT2D eigenvalue weighted by molar-refractivity contribution is 4.98. The smallest absolute Gasteiger partial charge is 0.0616 e. The number of aliphatic hydroxyl groups is 1. The van der Waals surface area contributed by atoms with Crippen molar-refractivity contribution in [3.63, 3.8) is 0 Å². The van der Waals surface area contributed by atoms with Crippen LogP contribution in [0.5, 0.6) is 0 Å². The lowest BCUT2D eigenvalue weighted by Gasteiger charge is -2.35. The Hall–Kier alpha value is -0.120. The van der Waals surface area contributed by atoms with Gasteiger partial charge < -0.3 is 15.2 Å². The summed E-state index contributed by atoms with van der Waals surface area (Å²) in [6, 6.07) is 0. The summed E-state index contributed by atoms with van der Waals surface area (Å²) in [5.74, 6) is 1.29. The summed E-state index contributed by atoms with van der Waals surface area (Å²) in [4.78, 5) is 0. The predicted molar refractivity (Wildman–Crippen MR) is 75.7 cm³/mol. The van der Waals surface area contributed by atoms with Crippen LogP contribution in [0.4, 0.5) is 0 Å². The normalized spacial score (nSPS) is 28.2. The van der Waals surface area contributed by atoms with Gasteiger partial charge in [-0.15, -0.1) is 0 Å². The number of nitrogens with one attached hydrogen (secondary N) is 1. The maximum atomic E-state index is 9.69. The molecule has 0 saturated heterocycles. The Morgan fingerprint density at radius 2 is 2.17 bits per heavy atom. The van der Waals surface area contributed by atoms with Gasteiger partial charge in [-0.05, 0) is 44.1 Å². The molecule has 0 radical (unpaired) electrons. The Morgan fingerprint density at radius 1 is 1.39 bits per heavy atom. The second-order valence-corrected chi connectivity index (χ2v) is 6.02. The lowest BCUT2D eigenvalue weighted by atomic mass is 9.85. The van der Waals surface area contributed by atoms with Gasteiger partial charge in [0, 0.05) is 18.8 Å². The van der Waals surface area contributed by atoms with Crippen molar-refractivity contribution in [2.24, 2.45) is 11.8 Å². The Bertz CT molecular complexity index is 221. The van der Waals surface area contributed by atoms with Crippen molar-refractivity contribution in [1.29, 1.82) is 0 Å². The molecule has 0 aromatic rings. The molecule has 108 valence electrons. The van der Waals surface area contributed by atoms with E-state index < -0.39 is 0 Å². The van der Waals surface area contributed by atoms with E-state index in [4.69, 9.17) is 4.74 Å². The van der Waals surface area contributed by atoms with Crippen LogP contribution in [0.15, 0.2) is 0 Å². The van der Waals surface area contributed by atoms with Crippen LogP contribution >= 0.6 is 0 Å². The van der Waals surface area contributed by atoms with Crippen molar-refractivity contribution in [3.05, 3.63) is 0 Å². The first kappa shape index (κ1) is 15.9. The van der Waals surface area contributed by atoms with Gasteiger partial charge in [0.05, 0.1) is 6.61 Å². The summed E-state index contributed by atoms with van der Waals surface area (Å²) in [6.07, 6.45) is 5.77. The van der Waals surface area contributed by atoms with E-state index >= 15 is 0 Å². The van der Waals surface area contributed by atoms with E-state index in [0.29, 0.717) is 5.92 Å². The average Bonchev–Trinajstić information content (AvgIpc) is 2.73. The highest BCUT2D eigenvalue weighted by Crippen LogP contribution is 2.37. The molecule has 3 heteroatoms. The quantitative estimate of drug-likeness (QED) is 0.624. The van der Waals surface area contributed by atoms with Crippen molar-refractivity contribution in [2.75, 3.05) is 26.4 Å². The standard InChI is InChI=1S/C15H31NO2/c1-4-16-15(12-17)9-5-6-14(15)8-11-18-10-7-13(2)3/h13-14,16-17H,4-12H2,1-3H3. The number of ether oxygens (including phenoxy) is 1. The largest absolute Gasteiger partial charge is 0.394 e. The Labute approximate surface area is 112 Å². The van der Waals surface area contributed by atoms with Crippen molar-refractivity contribution in [2.45, 2.75) is 58.4 Å². The van der Waals surface area contributed by atoms with Crippen LogP contribution in [0.2, 0.25) is 0 Å². The molecule has 0 amide bonds. The molecule has 18 heavy (non-hydrogen) atoms. The maximum absolute atomic E-state index is 9.69. The van der Waals surface area contributed by atoms with Crippen molar-refractivity contribution < 1.29 is 9.84 Å². The molecule has 2 unspecified atom stereocenters. The summed E-state index contributed by atoms with van der Waals surface area (Å²) >= 11 is 0. The van der Waals surface area contributed by atoms with Gasteiger partial charge in [-0.3, -0.25) is 0 Å². The zero-order chi connectivity index (χ0) is 13.4. The fraction of sp³-hybridized carbons (Fsp3) is 1.00. The SMILES string of the molecule is CCNC1(CO)CCCC1CCOCCC(C)C. The molecule has 0 aromatic carbocycles. The van der Waals surface area contributed by atoms with Crippen LogP contribution in [-0.4, -0.2) is 37.0 Å². The number of hydrogen-bond donors (Lipinski definition) is 2. The molecular formula is C15H31NO2. The molecule has 1 aliphatic carbocycles. The number of aliphatic hydroxyl groups excluding tert-OH is 1. The average molecular weight is 257 g/mol. The molecule has 1 fully saturated rings. The summed E-state index contributed by atoms with van der Waals surface area (Å²) in [7, 11) is 0. The van der Waals surface area contributed by atoms with Crippen molar-refractivity contribution in [1.82, 2.24) is 5.32 Å². The molecule has 0 bridgehead atoms. The highest BCUT2D eigenvalue weighted by Gasteiger charge is 2.41. The third kappa shape index (κ3) is 4.52. The molecule has 0 spiro atoms. The lowest BCUT2D eigenvalue weighted by molar-refractivity contribution is 0.0757. The molecule has 1 saturated carbocycles. The first-order chi connectivity index (χ1) is 8.64. The van der Waals surface area contributed by atoms with E-state index in [9.17, 15) is 5.11 Å². The first-order valence-corrected chi connectivity index (χ1v) is 7.58. The Balaban J connectivity index is 2.27. The van der Waals surface area contributed by atoms with E-state index in [1.54, 1.807) is 0 Å². The first-order valence-electron chi connectivity index (χ1n) is 7.58. The molecule has 2 N–H and O–H groups in total. The second kappa shape index (κ2) is 8.13. The Morgan fingerprint density at radius 3 is 2.78 bits per heavy atom. The highest BCUT2D eigenvalue weighted by atomic mass is 16.5. The molecule has 0 heterocycles. The number of rotatable bonds is 9. The zero-order valence-electron chi connectivity index (χ0n) is 12.4. The van der Waals surface area contributed by atoms with Crippen molar-refractivity contribution >= 4 is 0 Å². The summed E-state index contributed by atoms with van der Waals surface area (Å²) in [6.45, 7) is 9.47. The van der Waals surface area contributed by atoms with E-state index in [2.05, 4.69) is 26.1 Å². The molecular weight excluding hydrogens is 226 g/mol. The van der Waals surface area contributed by atoms with Crippen LogP contribution in [0, 0.1) is 11.8 Å². The minimum absolute atomic E-state index is 0.0316. The fourth-order valence-corrected chi connectivity index (χ4v) is 3.06. The summed E-state index contributed by atoms with van der Waals surface area (Å²) in [5, 5.41) is 13.2. The van der Waals surface area contributed by atoms with Crippen LogP contribution in [0.1, 0.15) is 52.9 Å². The van der Waals surface area contributed by atoms with Gasteiger partial charge in [0.1, 0.15) is 0 Å². The number of hydrogen-bond acceptors (Lipinski definition) is 3. The van der Waals surface area contributed by atoms with Crippen LogP contribution in [0.3, 0.4) is 0 Å². The molecule has 0 aliphatic heterocycles. The van der Waals surface area contributed by atoms with Crippen LogP contribution in [0.25, 0.3) is 0 Å². The van der Waals surface area contributed by atoms with Gasteiger partial charge in [-0.1, -0.05) is 27.2 Å². The van der Waals surface area contributed by atoms with Crippen LogP contribution < -0.4 is 5.32 Å².